The van der Waals surface area contributed by atoms with E-state index in [4.69, 9.17) is 0 Å². The first-order valence-electron chi connectivity index (χ1n) is 7.52. The van der Waals surface area contributed by atoms with E-state index in [2.05, 4.69) is 10.2 Å². The zero-order valence-electron chi connectivity index (χ0n) is 12.9. The highest BCUT2D eigenvalue weighted by Crippen LogP contribution is 2.27. The third kappa shape index (κ3) is 3.59. The average molecular weight is 338 g/mol. The van der Waals surface area contributed by atoms with Gasteiger partial charge in [0.2, 0.25) is 10.0 Å². The largest absolute Gasteiger partial charge is 0.320 e. The first-order valence-corrected chi connectivity index (χ1v) is 9.13. The number of aryl methyl sites for hydroxylation is 1. The van der Waals surface area contributed by atoms with Crippen molar-refractivity contribution < 1.29 is 12.8 Å². The summed E-state index contributed by atoms with van der Waals surface area (Å²) in [5, 5.41) is 7.97. The second-order valence-corrected chi connectivity index (χ2v) is 7.85. The predicted octanol–water partition coefficient (Wildman–Crippen LogP) is 1.66. The minimum atomic E-state index is -3.43. The molecule has 0 amide bonds. The first kappa shape index (κ1) is 16.1. The molecule has 2 heterocycles. The molecule has 124 valence electrons. The molecule has 0 bridgehead atoms. The zero-order valence-corrected chi connectivity index (χ0v) is 13.7. The zero-order chi connectivity index (χ0) is 16.4. The van der Waals surface area contributed by atoms with E-state index < -0.39 is 10.0 Å². The van der Waals surface area contributed by atoms with Gasteiger partial charge >= 0.3 is 0 Å². The summed E-state index contributed by atoms with van der Waals surface area (Å²) in [6.07, 6.45) is 3.32. The third-order valence-electron chi connectivity index (χ3n) is 4.15. The molecule has 1 atom stereocenters. The van der Waals surface area contributed by atoms with Gasteiger partial charge < -0.3 is 4.57 Å². The molecule has 1 aromatic carbocycles. The van der Waals surface area contributed by atoms with Crippen LogP contribution in [0, 0.1) is 5.82 Å². The minimum absolute atomic E-state index is 0.0549. The molecule has 1 fully saturated rings. The standard InChI is InChI=1S/C15H19FN4O2S/c1-19-11-17-18-15(19)13-3-2-8-20(9-13)23(21,22)10-12-4-6-14(16)7-5-12/h4-7,11,13H,2-3,8-10H2,1H3/t13-/m0/s1. The Labute approximate surface area is 135 Å². The molecule has 2 aromatic rings. The van der Waals surface area contributed by atoms with Crippen LogP contribution in [-0.2, 0) is 22.8 Å². The van der Waals surface area contributed by atoms with E-state index in [-0.39, 0.29) is 17.5 Å². The number of benzene rings is 1. The van der Waals surface area contributed by atoms with Crippen molar-refractivity contribution in [3.63, 3.8) is 0 Å². The molecule has 6 nitrogen and oxygen atoms in total. The highest BCUT2D eigenvalue weighted by Gasteiger charge is 2.31. The van der Waals surface area contributed by atoms with E-state index in [0.29, 0.717) is 18.7 Å². The lowest BCUT2D eigenvalue weighted by molar-refractivity contribution is 0.305. The van der Waals surface area contributed by atoms with Crippen molar-refractivity contribution >= 4 is 10.0 Å². The van der Waals surface area contributed by atoms with E-state index in [1.165, 1.54) is 28.6 Å². The molecule has 1 aliphatic heterocycles. The summed E-state index contributed by atoms with van der Waals surface area (Å²) in [5.74, 6) is 0.385. The molecular weight excluding hydrogens is 319 g/mol. The fourth-order valence-corrected chi connectivity index (χ4v) is 4.56. The highest BCUT2D eigenvalue weighted by molar-refractivity contribution is 7.88. The fourth-order valence-electron chi connectivity index (χ4n) is 2.95. The van der Waals surface area contributed by atoms with E-state index in [9.17, 15) is 12.8 Å². The van der Waals surface area contributed by atoms with Gasteiger partial charge in [0, 0.05) is 26.1 Å². The summed E-state index contributed by atoms with van der Waals surface area (Å²) in [6, 6.07) is 5.58. The van der Waals surface area contributed by atoms with Crippen LogP contribution in [0.4, 0.5) is 4.39 Å². The second-order valence-electron chi connectivity index (χ2n) is 5.88. The van der Waals surface area contributed by atoms with Gasteiger partial charge in [-0.05, 0) is 30.5 Å². The van der Waals surface area contributed by atoms with Gasteiger partial charge in [-0.25, -0.2) is 17.1 Å². The van der Waals surface area contributed by atoms with Gasteiger partial charge in [0.15, 0.2) is 0 Å². The Balaban J connectivity index is 1.74. The molecule has 1 saturated heterocycles. The Morgan fingerprint density at radius 2 is 2.04 bits per heavy atom. The number of hydrogen-bond acceptors (Lipinski definition) is 4. The predicted molar refractivity (Wildman–Crippen MR) is 83.6 cm³/mol. The van der Waals surface area contributed by atoms with Crippen LogP contribution in [0.25, 0.3) is 0 Å². The van der Waals surface area contributed by atoms with Crippen LogP contribution >= 0.6 is 0 Å². The number of aromatic nitrogens is 3. The second kappa shape index (κ2) is 6.37. The number of nitrogens with zero attached hydrogens (tertiary/aromatic N) is 4. The van der Waals surface area contributed by atoms with E-state index in [1.54, 1.807) is 6.33 Å². The van der Waals surface area contributed by atoms with Gasteiger partial charge in [-0.3, -0.25) is 0 Å². The topological polar surface area (TPSA) is 68.1 Å². The molecule has 1 aliphatic rings. The van der Waals surface area contributed by atoms with Crippen LogP contribution in [0.15, 0.2) is 30.6 Å². The van der Waals surface area contributed by atoms with Crippen molar-refractivity contribution in [3.8, 4) is 0 Å². The lowest BCUT2D eigenvalue weighted by atomic mass is 9.99. The Hall–Kier alpha value is -1.80. The lowest BCUT2D eigenvalue weighted by Gasteiger charge is -2.31. The molecule has 8 heteroatoms. The number of hydrogen-bond donors (Lipinski definition) is 0. The van der Waals surface area contributed by atoms with Crippen LogP contribution in [0.3, 0.4) is 0 Å². The Kier molecular flexibility index (Phi) is 4.45. The Morgan fingerprint density at radius 3 is 2.70 bits per heavy atom. The molecule has 0 N–H and O–H groups in total. The average Bonchev–Trinajstić information content (AvgIpc) is 2.96. The van der Waals surface area contributed by atoms with Crippen molar-refractivity contribution in [2.24, 2.45) is 7.05 Å². The molecule has 0 aliphatic carbocycles. The number of sulfonamides is 1. The van der Waals surface area contributed by atoms with Crippen LogP contribution in [0.2, 0.25) is 0 Å². The Bertz CT molecular complexity index is 773. The van der Waals surface area contributed by atoms with Crippen molar-refractivity contribution in [3.05, 3.63) is 47.8 Å². The summed E-state index contributed by atoms with van der Waals surface area (Å²) >= 11 is 0. The molecule has 23 heavy (non-hydrogen) atoms. The summed E-state index contributed by atoms with van der Waals surface area (Å²) < 4.78 is 41.6. The summed E-state index contributed by atoms with van der Waals surface area (Å²) in [6.45, 7) is 0.925. The van der Waals surface area contributed by atoms with Crippen molar-refractivity contribution in [2.45, 2.75) is 24.5 Å². The maximum absolute atomic E-state index is 12.9. The fraction of sp³-hybridized carbons (Fsp3) is 0.467. The molecule has 0 radical (unpaired) electrons. The van der Waals surface area contributed by atoms with Crippen molar-refractivity contribution in [1.29, 1.82) is 0 Å². The van der Waals surface area contributed by atoms with E-state index in [1.807, 2.05) is 11.6 Å². The normalized spacial score (nSPS) is 19.8. The van der Waals surface area contributed by atoms with Crippen LogP contribution < -0.4 is 0 Å². The van der Waals surface area contributed by atoms with Gasteiger partial charge in [-0.15, -0.1) is 10.2 Å². The highest BCUT2D eigenvalue weighted by atomic mass is 32.2. The molecule has 1 aromatic heterocycles. The molecule has 3 rings (SSSR count). The third-order valence-corrected chi connectivity index (χ3v) is 5.97. The molecular formula is C15H19FN4O2S. The molecule has 0 saturated carbocycles. The number of halogens is 1. The van der Waals surface area contributed by atoms with E-state index in [0.717, 1.165) is 18.7 Å². The number of piperidine rings is 1. The maximum atomic E-state index is 12.9. The summed E-state index contributed by atoms with van der Waals surface area (Å²) in [4.78, 5) is 0. The summed E-state index contributed by atoms with van der Waals surface area (Å²) in [5.41, 5.74) is 0.590. The van der Waals surface area contributed by atoms with Crippen molar-refractivity contribution in [1.82, 2.24) is 19.1 Å². The van der Waals surface area contributed by atoms with Crippen LogP contribution in [0.5, 0.6) is 0 Å². The monoisotopic (exact) mass is 338 g/mol. The van der Waals surface area contributed by atoms with E-state index >= 15 is 0 Å². The van der Waals surface area contributed by atoms with Crippen LogP contribution in [0.1, 0.15) is 30.1 Å². The number of rotatable bonds is 4. The molecule has 0 spiro atoms. The molecule has 0 unspecified atom stereocenters. The first-order chi connectivity index (χ1) is 11.0. The van der Waals surface area contributed by atoms with Gasteiger partial charge in [0.05, 0.1) is 5.75 Å². The van der Waals surface area contributed by atoms with Gasteiger partial charge in [0.1, 0.15) is 18.0 Å². The maximum Gasteiger partial charge on any atom is 0.218 e. The SMILES string of the molecule is Cn1cnnc1[C@H]1CCCN(S(=O)(=O)Cc2ccc(F)cc2)C1. The quantitative estimate of drug-likeness (QED) is 0.850. The van der Waals surface area contributed by atoms with Gasteiger partial charge in [0.25, 0.3) is 0 Å². The minimum Gasteiger partial charge on any atom is -0.320 e. The van der Waals surface area contributed by atoms with Gasteiger partial charge in [-0.2, -0.15) is 0 Å². The Morgan fingerprint density at radius 1 is 1.30 bits per heavy atom. The van der Waals surface area contributed by atoms with Crippen LogP contribution in [-0.4, -0.2) is 40.6 Å². The van der Waals surface area contributed by atoms with Crippen molar-refractivity contribution in [2.75, 3.05) is 13.1 Å². The lowest BCUT2D eigenvalue weighted by Crippen LogP contribution is -2.40. The summed E-state index contributed by atoms with van der Waals surface area (Å²) in [7, 11) is -1.57. The smallest absolute Gasteiger partial charge is 0.218 e. The van der Waals surface area contributed by atoms with Gasteiger partial charge in [-0.1, -0.05) is 12.1 Å².